The third kappa shape index (κ3) is 2.25. The lowest BCUT2D eigenvalue weighted by Crippen LogP contribution is -2.45. The first-order valence-corrected chi connectivity index (χ1v) is 7.06. The molecule has 2 rings (SSSR count). The number of benzene rings is 1. The Kier molecular flexibility index (Phi) is 3.30. The van der Waals surface area contributed by atoms with Crippen molar-refractivity contribution in [1.29, 1.82) is 0 Å². The summed E-state index contributed by atoms with van der Waals surface area (Å²) in [5.74, 6) is 0.310. The molecule has 1 aliphatic heterocycles. The van der Waals surface area contributed by atoms with E-state index in [0.29, 0.717) is 5.92 Å². The van der Waals surface area contributed by atoms with Gasteiger partial charge in [-0.15, -0.1) is 10.3 Å². The van der Waals surface area contributed by atoms with Gasteiger partial charge in [-0.25, -0.2) is 0 Å². The molecule has 1 saturated heterocycles. The molecule has 1 radical (unpaired) electrons. The molecule has 17 heavy (non-hydrogen) atoms. The Morgan fingerprint density at radius 2 is 1.94 bits per heavy atom. The predicted molar refractivity (Wildman–Crippen MR) is 77.2 cm³/mol. The van der Waals surface area contributed by atoms with Gasteiger partial charge in [-0.1, -0.05) is 12.1 Å². The highest BCUT2D eigenvalue weighted by molar-refractivity contribution is 14.1. The molecule has 0 N–H and O–H groups in total. The van der Waals surface area contributed by atoms with E-state index in [-0.39, 0.29) is 11.1 Å². The van der Waals surface area contributed by atoms with Gasteiger partial charge in [-0.05, 0) is 74.4 Å². The minimum Gasteiger partial charge on any atom is -0.143 e. The van der Waals surface area contributed by atoms with E-state index in [2.05, 4.69) is 60.7 Å². The van der Waals surface area contributed by atoms with Gasteiger partial charge in [0.15, 0.2) is 0 Å². The topological polar surface area (TPSA) is 23.1 Å². The standard InChI is InChI=1S/C14H19INO/c1-13(2)9-12(14(3,4)16(13)17)10-6-5-7-11(15)8-10/h5-8,12H,9H2,1-4H3/i15-4. The highest BCUT2D eigenvalue weighted by Gasteiger charge is 2.52. The first-order valence-electron chi connectivity index (χ1n) is 5.98. The van der Waals surface area contributed by atoms with E-state index in [9.17, 15) is 5.21 Å². The van der Waals surface area contributed by atoms with Crippen molar-refractivity contribution in [1.82, 2.24) is 5.06 Å². The van der Waals surface area contributed by atoms with Crippen molar-refractivity contribution in [3.63, 3.8) is 0 Å². The number of rotatable bonds is 1. The number of hydrogen-bond donors (Lipinski definition) is 0. The lowest BCUT2D eigenvalue weighted by atomic mass is 9.81. The van der Waals surface area contributed by atoms with Crippen molar-refractivity contribution in [2.75, 3.05) is 0 Å². The van der Waals surface area contributed by atoms with Crippen LogP contribution in [0.3, 0.4) is 0 Å². The number of halogens is 1. The monoisotopic (exact) mass is 340 g/mol. The second kappa shape index (κ2) is 4.21. The van der Waals surface area contributed by atoms with Crippen molar-refractivity contribution >= 4 is 22.6 Å². The van der Waals surface area contributed by atoms with Gasteiger partial charge >= 0.3 is 0 Å². The molecule has 0 aromatic heterocycles. The SMILES string of the molecule is CC1(C)CC(c2cccc([123I])c2)C(C)(C)N1[O]. The molecule has 0 bridgehead atoms. The van der Waals surface area contributed by atoms with Gasteiger partial charge < -0.3 is 0 Å². The van der Waals surface area contributed by atoms with Gasteiger partial charge in [0, 0.05) is 15.0 Å². The zero-order valence-corrected chi connectivity index (χ0v) is 13.0. The average molecular weight is 340 g/mol. The molecule has 3 heteroatoms. The van der Waals surface area contributed by atoms with Gasteiger partial charge in [0.1, 0.15) is 0 Å². The van der Waals surface area contributed by atoms with Crippen LogP contribution < -0.4 is 0 Å². The molecule has 2 nitrogen and oxygen atoms in total. The molecule has 1 fully saturated rings. The molecule has 1 atom stereocenters. The minimum absolute atomic E-state index is 0.268. The largest absolute Gasteiger partial charge is 0.143 e. The average Bonchev–Trinajstić information content (AvgIpc) is 2.39. The Bertz CT molecular complexity index is 428. The van der Waals surface area contributed by atoms with Crippen molar-refractivity contribution in [3.8, 4) is 0 Å². The highest BCUT2D eigenvalue weighted by atomic mass is 123. The highest BCUT2D eigenvalue weighted by Crippen LogP contribution is 2.49. The predicted octanol–water partition coefficient (Wildman–Crippen LogP) is 3.98. The number of hydroxylamine groups is 2. The quantitative estimate of drug-likeness (QED) is 0.709. The Morgan fingerprint density at radius 1 is 1.29 bits per heavy atom. The summed E-state index contributed by atoms with van der Waals surface area (Å²) in [6.07, 6.45) is 0.920. The fraction of sp³-hybridized carbons (Fsp3) is 0.571. The van der Waals surface area contributed by atoms with E-state index >= 15 is 0 Å². The smallest absolute Gasteiger partial charge is 0.0512 e. The van der Waals surface area contributed by atoms with E-state index < -0.39 is 0 Å². The van der Waals surface area contributed by atoms with Crippen molar-refractivity contribution in [2.24, 2.45) is 0 Å². The molecule has 93 valence electrons. The van der Waals surface area contributed by atoms with Crippen LogP contribution in [-0.4, -0.2) is 16.1 Å². The molecule has 1 aliphatic rings. The van der Waals surface area contributed by atoms with Crippen LogP contribution in [0.5, 0.6) is 0 Å². The van der Waals surface area contributed by atoms with Crippen molar-refractivity contribution in [2.45, 2.75) is 51.1 Å². The first kappa shape index (κ1) is 13.3. The van der Waals surface area contributed by atoms with E-state index in [0.717, 1.165) is 6.42 Å². The van der Waals surface area contributed by atoms with E-state index in [1.54, 1.807) is 0 Å². The fourth-order valence-corrected chi connectivity index (χ4v) is 3.57. The van der Waals surface area contributed by atoms with Crippen LogP contribution in [0.4, 0.5) is 0 Å². The summed E-state index contributed by atoms with van der Waals surface area (Å²) in [6, 6.07) is 8.51. The van der Waals surface area contributed by atoms with Crippen LogP contribution >= 0.6 is 22.6 Å². The van der Waals surface area contributed by atoms with Gasteiger partial charge in [-0.3, -0.25) is 0 Å². The summed E-state index contributed by atoms with van der Waals surface area (Å²) in [7, 11) is 0. The summed E-state index contributed by atoms with van der Waals surface area (Å²) in [4.78, 5) is 0. The molecule has 0 spiro atoms. The Balaban J connectivity index is 2.41. The molecule has 0 amide bonds. The van der Waals surface area contributed by atoms with Gasteiger partial charge in [-0.2, -0.15) is 0 Å². The van der Waals surface area contributed by atoms with Gasteiger partial charge in [0.05, 0.1) is 5.54 Å². The molecule has 0 aliphatic carbocycles. The third-order valence-corrected chi connectivity index (χ3v) is 4.55. The second-order valence-electron chi connectivity index (χ2n) is 6.07. The van der Waals surface area contributed by atoms with Crippen LogP contribution in [0.2, 0.25) is 0 Å². The summed E-state index contributed by atoms with van der Waals surface area (Å²) < 4.78 is 1.23. The molecule has 1 unspecified atom stereocenters. The third-order valence-electron chi connectivity index (χ3n) is 3.88. The molecule has 1 aromatic carbocycles. The summed E-state index contributed by atoms with van der Waals surface area (Å²) >= 11 is 2.33. The van der Waals surface area contributed by atoms with E-state index in [4.69, 9.17) is 0 Å². The zero-order valence-electron chi connectivity index (χ0n) is 10.8. The van der Waals surface area contributed by atoms with Crippen LogP contribution in [0.25, 0.3) is 0 Å². The lowest BCUT2D eigenvalue weighted by molar-refractivity contribution is -0.245. The van der Waals surface area contributed by atoms with Crippen molar-refractivity contribution < 1.29 is 5.21 Å². The summed E-state index contributed by atoms with van der Waals surface area (Å²) in [5, 5.41) is 13.6. The molecule has 1 aromatic rings. The number of hydrogen-bond acceptors (Lipinski definition) is 1. The Labute approximate surface area is 117 Å². The first-order chi connectivity index (χ1) is 7.75. The Morgan fingerprint density at radius 3 is 2.41 bits per heavy atom. The second-order valence-corrected chi connectivity index (χ2v) is 7.32. The molecule has 1 heterocycles. The lowest BCUT2D eigenvalue weighted by Gasteiger charge is -2.33. The van der Waals surface area contributed by atoms with Gasteiger partial charge in [0.25, 0.3) is 0 Å². The summed E-state index contributed by atoms with van der Waals surface area (Å²) in [5.41, 5.74) is 0.692. The minimum atomic E-state index is -0.325. The molecular formula is C14H19INO. The van der Waals surface area contributed by atoms with E-state index in [1.807, 2.05) is 13.8 Å². The van der Waals surface area contributed by atoms with Gasteiger partial charge in [0.2, 0.25) is 0 Å². The maximum Gasteiger partial charge on any atom is 0.0512 e. The van der Waals surface area contributed by atoms with E-state index in [1.165, 1.54) is 14.2 Å². The fourth-order valence-electron chi connectivity index (χ4n) is 3.00. The Hall–Kier alpha value is -0.130. The van der Waals surface area contributed by atoms with Crippen LogP contribution in [-0.2, 0) is 5.21 Å². The van der Waals surface area contributed by atoms with Crippen LogP contribution in [0.15, 0.2) is 24.3 Å². The molecule has 0 saturated carbocycles. The molecular weight excluding hydrogens is 321 g/mol. The maximum absolute atomic E-state index is 12.3. The normalized spacial score (nSPS) is 27.3. The zero-order chi connectivity index (χ0) is 12.8. The number of nitrogens with zero attached hydrogens (tertiary/aromatic N) is 1. The van der Waals surface area contributed by atoms with Crippen LogP contribution in [0, 0.1) is 3.57 Å². The van der Waals surface area contributed by atoms with Crippen molar-refractivity contribution in [3.05, 3.63) is 33.4 Å². The van der Waals surface area contributed by atoms with Crippen LogP contribution in [0.1, 0.15) is 45.6 Å². The maximum atomic E-state index is 12.3. The summed E-state index contributed by atoms with van der Waals surface area (Å²) in [6.45, 7) is 8.18.